The molecule has 7 atom stereocenters. The van der Waals surface area contributed by atoms with E-state index in [2.05, 4.69) is 17.0 Å². The van der Waals surface area contributed by atoms with Crippen LogP contribution in [-0.2, 0) is 29.2 Å². The number of hydrogen-bond acceptors (Lipinski definition) is 11. The molecular weight excluding hydrogens is 774 g/mol. The van der Waals surface area contributed by atoms with Gasteiger partial charge < -0.3 is 35.4 Å². The summed E-state index contributed by atoms with van der Waals surface area (Å²) in [7, 11) is 1.40. The average molecular weight is 825 g/mol. The topological polar surface area (TPSA) is 211 Å². The van der Waals surface area contributed by atoms with Crippen molar-refractivity contribution in [2.24, 2.45) is 23.5 Å². The highest BCUT2D eigenvalue weighted by molar-refractivity contribution is 7.91. The van der Waals surface area contributed by atoms with Crippen molar-refractivity contribution in [2.45, 2.75) is 100 Å². The Hall–Kier alpha value is -4.65. The second-order valence-corrected chi connectivity index (χ2v) is 18.3. The number of amides is 3. The Balaban J connectivity index is 0.000000811. The number of allylic oxidation sites excluding steroid dienone is 1. The van der Waals surface area contributed by atoms with E-state index >= 15 is 0 Å². The smallest absolute Gasteiger partial charge is 0.490 e. The van der Waals surface area contributed by atoms with Gasteiger partial charge in [0.15, 0.2) is 0 Å². The van der Waals surface area contributed by atoms with Crippen molar-refractivity contribution in [3.05, 3.63) is 36.4 Å². The van der Waals surface area contributed by atoms with Crippen LogP contribution < -0.4 is 30.1 Å². The van der Waals surface area contributed by atoms with E-state index in [0.29, 0.717) is 30.3 Å². The Morgan fingerprint density at radius 3 is 2.40 bits per heavy atom. The third-order valence-electron chi connectivity index (χ3n) is 11.3. The lowest BCUT2D eigenvalue weighted by Gasteiger charge is -2.30. The van der Waals surface area contributed by atoms with Crippen LogP contribution in [0.4, 0.5) is 19.0 Å². The van der Waals surface area contributed by atoms with Crippen molar-refractivity contribution in [3.8, 4) is 11.6 Å². The first kappa shape index (κ1) is 43.5. The summed E-state index contributed by atoms with van der Waals surface area (Å²) in [4.78, 5) is 59.1. The van der Waals surface area contributed by atoms with Gasteiger partial charge in [-0.15, -0.1) is 0 Å². The fourth-order valence-electron chi connectivity index (χ4n) is 7.21. The van der Waals surface area contributed by atoms with Crippen LogP contribution in [0.3, 0.4) is 0 Å². The summed E-state index contributed by atoms with van der Waals surface area (Å²) in [5.74, 6) is -3.02. The third kappa shape index (κ3) is 9.56. The zero-order valence-corrected chi connectivity index (χ0v) is 33.6. The largest absolute Gasteiger partial charge is 0.497 e. The fraction of sp³-hybridized carbons (Fsp3) is 0.605. The molecule has 1 saturated heterocycles. The molecule has 1 aromatic heterocycles. The molecule has 1 aromatic carbocycles. The Labute approximate surface area is 329 Å². The standard InChI is InChI=1S/C36H50N6O7S.C2HF3O2/c1-21-9-7-8-10-24-19-36(24,34(45)40-50(46,47)35(3)13-14-35)39-31(43)28-18-26(20-42(28)33(44)30(37)22(2)15-21)49-32-27-12-11-25(48-6)16-23(27)17-29(38-32)41(4)5;3-2(4,5)1(6)7/h8,10-12,16-17,21-22,24,26,28,30H,7,9,13-15,18-20,37H2,1-6H3,(H,39,43)(H,40,45);(H,6,7)/b10-8-;/t21?,22-,24-,26-,28+,30+,36-;/m1./s1. The van der Waals surface area contributed by atoms with Crippen molar-refractivity contribution in [1.29, 1.82) is 0 Å². The number of sulfonamides is 1. The molecule has 0 spiro atoms. The first-order chi connectivity index (χ1) is 26.5. The molecule has 19 heteroatoms. The Morgan fingerprint density at radius 1 is 1.14 bits per heavy atom. The molecule has 15 nitrogen and oxygen atoms in total. The molecule has 1 unspecified atom stereocenters. The first-order valence-corrected chi connectivity index (χ1v) is 20.2. The van der Waals surface area contributed by atoms with Crippen LogP contribution in [0.25, 0.3) is 10.8 Å². The molecule has 2 aromatic rings. The summed E-state index contributed by atoms with van der Waals surface area (Å²) >= 11 is 0. The molecule has 2 saturated carbocycles. The van der Waals surface area contributed by atoms with E-state index in [1.54, 1.807) is 14.0 Å². The number of carbonyl (C=O) groups is 4. The Morgan fingerprint density at radius 2 is 1.81 bits per heavy atom. The number of pyridine rings is 1. The number of methoxy groups -OCH3 is 1. The van der Waals surface area contributed by atoms with E-state index in [9.17, 15) is 36.0 Å². The third-order valence-corrected chi connectivity index (χ3v) is 13.4. The molecule has 3 amide bonds. The minimum atomic E-state index is -5.08. The maximum atomic E-state index is 14.3. The fourth-order valence-corrected chi connectivity index (χ4v) is 8.52. The highest BCUT2D eigenvalue weighted by atomic mass is 32.2. The second-order valence-electron chi connectivity index (χ2n) is 16.1. The van der Waals surface area contributed by atoms with Gasteiger partial charge in [-0.05, 0) is 86.9 Å². The van der Waals surface area contributed by atoms with Gasteiger partial charge in [-0.2, -0.15) is 18.2 Å². The summed E-state index contributed by atoms with van der Waals surface area (Å²) in [6.07, 6.45) is 1.81. The number of hydrogen-bond donors (Lipinski definition) is 4. The number of nitrogens with zero attached hydrogens (tertiary/aromatic N) is 3. The van der Waals surface area contributed by atoms with Gasteiger partial charge in [-0.3, -0.25) is 19.1 Å². The number of nitrogens with one attached hydrogen (secondary N) is 2. The van der Waals surface area contributed by atoms with E-state index in [1.165, 1.54) is 4.90 Å². The lowest BCUT2D eigenvalue weighted by Crippen LogP contribution is -2.58. The van der Waals surface area contributed by atoms with Gasteiger partial charge in [0, 0.05) is 31.8 Å². The number of benzene rings is 1. The predicted octanol–water partition coefficient (Wildman–Crippen LogP) is 3.50. The van der Waals surface area contributed by atoms with Crippen molar-refractivity contribution in [3.63, 3.8) is 0 Å². The van der Waals surface area contributed by atoms with Crippen LogP contribution >= 0.6 is 0 Å². The summed E-state index contributed by atoms with van der Waals surface area (Å²) in [5.41, 5.74) is 5.15. The Kier molecular flexibility index (Phi) is 12.4. The molecule has 0 bridgehead atoms. The number of halogens is 3. The lowest BCUT2D eigenvalue weighted by molar-refractivity contribution is -0.192. The minimum absolute atomic E-state index is 0.0771. The van der Waals surface area contributed by atoms with E-state index in [-0.39, 0.29) is 37.1 Å². The SMILES string of the molecule is COc1ccc2c(O[C@@H]3C[C@H]4C(=O)N[C@]5(C(=O)NS(=O)(=O)C6(C)CC6)C[C@H]5/C=C\CCC(C)C[C@@H](C)[C@H](N)C(=O)N4C3)nc(N(C)C)cc2c1.O=C(O)C(F)(F)F. The highest BCUT2D eigenvalue weighted by Crippen LogP contribution is 2.47. The summed E-state index contributed by atoms with van der Waals surface area (Å²) in [6.45, 7) is 5.77. The van der Waals surface area contributed by atoms with Crippen LogP contribution in [-0.4, -0.2) is 109 Å². The predicted molar refractivity (Wildman–Crippen MR) is 204 cm³/mol. The molecule has 6 rings (SSSR count). The van der Waals surface area contributed by atoms with Gasteiger partial charge in [0.25, 0.3) is 5.91 Å². The number of ether oxygens (including phenoxy) is 2. The molecule has 314 valence electrons. The number of fused-ring (bicyclic) bond motifs is 3. The monoisotopic (exact) mass is 824 g/mol. The molecule has 3 heterocycles. The zero-order valence-electron chi connectivity index (χ0n) is 32.8. The number of nitrogens with two attached hydrogens (primary N) is 1. The molecule has 4 aliphatic rings. The highest BCUT2D eigenvalue weighted by Gasteiger charge is 2.63. The average Bonchev–Trinajstić information content (AvgIpc) is 4.02. The normalized spacial score (nSPS) is 29.2. The molecule has 5 N–H and O–H groups in total. The summed E-state index contributed by atoms with van der Waals surface area (Å²) in [6, 6.07) is 5.63. The van der Waals surface area contributed by atoms with Crippen molar-refractivity contribution < 1.29 is 55.3 Å². The number of carboxylic acids is 1. The van der Waals surface area contributed by atoms with E-state index in [1.807, 2.05) is 62.3 Å². The number of rotatable bonds is 7. The minimum Gasteiger partial charge on any atom is -0.497 e. The molecule has 0 radical (unpaired) electrons. The quantitative estimate of drug-likeness (QED) is 0.296. The molecule has 2 aliphatic carbocycles. The molecule has 57 heavy (non-hydrogen) atoms. The zero-order chi connectivity index (χ0) is 42.2. The molecule has 2 aliphatic heterocycles. The molecular formula is C38H51F3N6O9S. The van der Waals surface area contributed by atoms with Gasteiger partial charge in [0.2, 0.25) is 27.7 Å². The maximum Gasteiger partial charge on any atom is 0.490 e. The van der Waals surface area contributed by atoms with Crippen molar-refractivity contribution in [2.75, 3.05) is 32.6 Å². The summed E-state index contributed by atoms with van der Waals surface area (Å²) in [5, 5.41) is 11.6. The van der Waals surface area contributed by atoms with E-state index < -0.39 is 68.4 Å². The van der Waals surface area contributed by atoms with Gasteiger partial charge in [-0.1, -0.05) is 26.0 Å². The van der Waals surface area contributed by atoms with E-state index in [0.717, 1.165) is 30.0 Å². The number of aromatic nitrogens is 1. The van der Waals surface area contributed by atoms with Gasteiger partial charge in [0.05, 0.1) is 24.4 Å². The Bertz CT molecular complexity index is 2030. The lowest BCUT2D eigenvalue weighted by atomic mass is 9.88. The van der Waals surface area contributed by atoms with Crippen LogP contribution in [0.15, 0.2) is 36.4 Å². The van der Waals surface area contributed by atoms with E-state index in [4.69, 9.17) is 30.1 Å². The van der Waals surface area contributed by atoms with Crippen LogP contribution in [0.2, 0.25) is 0 Å². The number of carboxylic acid groups (broad SMARTS) is 1. The van der Waals surface area contributed by atoms with Gasteiger partial charge in [0.1, 0.15) is 29.3 Å². The van der Waals surface area contributed by atoms with Gasteiger partial charge in [-0.25, -0.2) is 13.2 Å². The van der Waals surface area contributed by atoms with Crippen molar-refractivity contribution in [1.82, 2.24) is 19.9 Å². The number of anilines is 1. The van der Waals surface area contributed by atoms with Crippen molar-refractivity contribution >= 4 is 50.3 Å². The maximum absolute atomic E-state index is 14.3. The number of carbonyl (C=O) groups excluding carboxylic acids is 3. The van der Waals surface area contributed by atoms with Crippen LogP contribution in [0.1, 0.15) is 65.7 Å². The number of alkyl halides is 3. The molecule has 3 fully saturated rings. The van der Waals surface area contributed by atoms with Gasteiger partial charge >= 0.3 is 12.1 Å². The second kappa shape index (κ2) is 16.3. The summed E-state index contributed by atoms with van der Waals surface area (Å²) < 4.78 is 71.2. The first-order valence-electron chi connectivity index (χ1n) is 18.8. The van der Waals surface area contributed by atoms with Crippen LogP contribution in [0, 0.1) is 17.8 Å². The number of aliphatic carboxylic acids is 1. The van der Waals surface area contributed by atoms with Crippen LogP contribution in [0.5, 0.6) is 11.6 Å².